The fourth-order valence-corrected chi connectivity index (χ4v) is 4.08. The molecule has 4 nitrogen and oxygen atoms in total. The van der Waals surface area contributed by atoms with Crippen LogP contribution in [0.2, 0.25) is 0 Å². The van der Waals surface area contributed by atoms with Crippen molar-refractivity contribution in [2.45, 2.75) is 23.3 Å². The summed E-state index contributed by atoms with van der Waals surface area (Å²) in [7, 11) is -1.86. The third kappa shape index (κ3) is 3.00. The summed E-state index contributed by atoms with van der Waals surface area (Å²) in [4.78, 5) is 0.463. The van der Waals surface area contributed by atoms with Crippen molar-refractivity contribution < 1.29 is 12.8 Å². The lowest BCUT2D eigenvalue weighted by Gasteiger charge is -2.07. The average molecular weight is 341 g/mol. The van der Waals surface area contributed by atoms with Gasteiger partial charge in [-0.1, -0.05) is 42.5 Å². The summed E-state index contributed by atoms with van der Waals surface area (Å²) in [5.41, 5.74) is 1.75. The van der Waals surface area contributed by atoms with Gasteiger partial charge in [0.25, 0.3) is 0 Å². The van der Waals surface area contributed by atoms with E-state index < -0.39 is 9.84 Å². The van der Waals surface area contributed by atoms with Crippen LogP contribution in [-0.4, -0.2) is 15.5 Å². The van der Waals surface area contributed by atoms with E-state index in [0.29, 0.717) is 18.1 Å². The van der Waals surface area contributed by atoms with Crippen molar-refractivity contribution in [2.75, 3.05) is 7.05 Å². The second-order valence-corrected chi connectivity index (χ2v) is 7.49. The Labute approximate surface area is 142 Å². The van der Waals surface area contributed by atoms with E-state index in [0.717, 1.165) is 11.1 Å². The minimum absolute atomic E-state index is 0.202. The zero-order valence-electron chi connectivity index (χ0n) is 13.6. The lowest BCUT2D eigenvalue weighted by molar-refractivity contribution is 0.504. The molecule has 0 amide bonds. The monoisotopic (exact) mass is 341 g/mol. The first-order valence-corrected chi connectivity index (χ1v) is 9.16. The first kappa shape index (κ1) is 16.5. The molecule has 3 aromatic rings. The highest BCUT2D eigenvalue weighted by atomic mass is 32.2. The number of benzene rings is 2. The summed E-state index contributed by atoms with van der Waals surface area (Å²) >= 11 is 0. The summed E-state index contributed by atoms with van der Waals surface area (Å²) in [5, 5.41) is 2.99. The van der Waals surface area contributed by atoms with Gasteiger partial charge in [-0.2, -0.15) is 0 Å². The Morgan fingerprint density at radius 2 is 1.67 bits per heavy atom. The Balaban J connectivity index is 2.23. The van der Waals surface area contributed by atoms with E-state index in [-0.39, 0.29) is 9.79 Å². The second-order valence-electron chi connectivity index (χ2n) is 5.57. The van der Waals surface area contributed by atoms with E-state index in [4.69, 9.17) is 4.42 Å². The van der Waals surface area contributed by atoms with Crippen LogP contribution < -0.4 is 5.32 Å². The normalized spacial score (nSPS) is 11.6. The maximum atomic E-state index is 13.1. The number of hydrogen-bond acceptors (Lipinski definition) is 4. The molecule has 124 valence electrons. The molecule has 0 saturated carbocycles. The third-order valence-corrected chi connectivity index (χ3v) is 5.61. The molecular weight excluding hydrogens is 322 g/mol. The van der Waals surface area contributed by atoms with Gasteiger partial charge in [-0.3, -0.25) is 0 Å². The van der Waals surface area contributed by atoms with Crippen molar-refractivity contribution >= 4 is 9.84 Å². The lowest BCUT2D eigenvalue weighted by atomic mass is 10.1. The van der Waals surface area contributed by atoms with Crippen molar-refractivity contribution in [1.29, 1.82) is 0 Å². The predicted molar refractivity (Wildman–Crippen MR) is 93.5 cm³/mol. The van der Waals surface area contributed by atoms with Gasteiger partial charge in [0.05, 0.1) is 11.4 Å². The molecular formula is C19H19NO3S. The van der Waals surface area contributed by atoms with Gasteiger partial charge in [-0.15, -0.1) is 0 Å². The van der Waals surface area contributed by atoms with Crippen molar-refractivity contribution in [3.05, 3.63) is 72.0 Å². The second kappa shape index (κ2) is 6.63. The first-order valence-electron chi connectivity index (χ1n) is 7.67. The largest absolute Gasteiger partial charge is 0.458 e. The quantitative estimate of drug-likeness (QED) is 0.767. The Morgan fingerprint density at radius 3 is 2.33 bits per heavy atom. The molecule has 0 saturated heterocycles. The van der Waals surface area contributed by atoms with Crippen LogP contribution in [0.1, 0.15) is 11.3 Å². The van der Waals surface area contributed by atoms with E-state index in [2.05, 4.69) is 5.32 Å². The Hall–Kier alpha value is -2.37. The fraction of sp³-hybridized carbons (Fsp3) is 0.158. The number of rotatable bonds is 5. The third-order valence-electron chi connectivity index (χ3n) is 3.83. The van der Waals surface area contributed by atoms with Crippen LogP contribution in [0.4, 0.5) is 0 Å². The van der Waals surface area contributed by atoms with Crippen LogP contribution >= 0.6 is 0 Å². The molecule has 0 fully saturated rings. The molecule has 3 rings (SSSR count). The smallest absolute Gasteiger partial charge is 0.210 e. The molecule has 5 heteroatoms. The SMILES string of the molecule is CNCc1cc(S(=O)(=O)c2ccccc2)c(-c2ccccc2C)o1. The van der Waals surface area contributed by atoms with Crippen molar-refractivity contribution in [1.82, 2.24) is 5.32 Å². The maximum Gasteiger partial charge on any atom is 0.210 e. The predicted octanol–water partition coefficient (Wildman–Crippen LogP) is 3.81. The molecule has 0 aliphatic rings. The van der Waals surface area contributed by atoms with Crippen LogP contribution in [0, 0.1) is 6.92 Å². The molecule has 0 spiro atoms. The van der Waals surface area contributed by atoms with Gasteiger partial charge in [-0.05, 0) is 31.7 Å². The fourth-order valence-electron chi connectivity index (χ4n) is 2.63. The summed E-state index contributed by atoms with van der Waals surface area (Å²) < 4.78 is 32.0. The molecule has 1 N–H and O–H groups in total. The molecule has 0 aliphatic heterocycles. The number of aryl methyl sites for hydroxylation is 1. The molecule has 0 bridgehead atoms. The van der Waals surface area contributed by atoms with Gasteiger partial charge in [0, 0.05) is 11.6 Å². The zero-order valence-corrected chi connectivity index (χ0v) is 14.4. The molecule has 0 atom stereocenters. The standard InChI is InChI=1S/C19H19NO3S/c1-14-8-6-7-11-17(14)19-18(12-15(23-19)13-20-2)24(21,22)16-9-4-3-5-10-16/h3-12,20H,13H2,1-2H3. The maximum absolute atomic E-state index is 13.1. The molecule has 2 aromatic carbocycles. The van der Waals surface area contributed by atoms with Gasteiger partial charge in [0.15, 0.2) is 5.76 Å². The van der Waals surface area contributed by atoms with Crippen molar-refractivity contribution in [3.63, 3.8) is 0 Å². The number of hydrogen-bond donors (Lipinski definition) is 1. The molecule has 0 aliphatic carbocycles. The Bertz CT molecular complexity index is 944. The minimum Gasteiger partial charge on any atom is -0.458 e. The van der Waals surface area contributed by atoms with E-state index in [1.807, 2.05) is 31.2 Å². The molecule has 0 radical (unpaired) electrons. The van der Waals surface area contributed by atoms with Crippen molar-refractivity contribution in [3.8, 4) is 11.3 Å². The van der Waals surface area contributed by atoms with Crippen molar-refractivity contribution in [2.24, 2.45) is 0 Å². The van der Waals surface area contributed by atoms with Gasteiger partial charge in [-0.25, -0.2) is 8.42 Å². The van der Waals surface area contributed by atoms with Crippen LogP contribution in [0.3, 0.4) is 0 Å². The molecule has 1 aromatic heterocycles. The highest BCUT2D eigenvalue weighted by Crippen LogP contribution is 2.35. The molecule has 1 heterocycles. The van der Waals surface area contributed by atoms with Gasteiger partial charge in [0.1, 0.15) is 10.7 Å². The number of sulfone groups is 1. The average Bonchev–Trinajstić information content (AvgIpc) is 3.01. The highest BCUT2D eigenvalue weighted by Gasteiger charge is 2.27. The summed E-state index contributed by atoms with van der Waals surface area (Å²) in [6.07, 6.45) is 0. The van der Waals surface area contributed by atoms with Gasteiger partial charge >= 0.3 is 0 Å². The minimum atomic E-state index is -3.65. The number of furan rings is 1. The summed E-state index contributed by atoms with van der Waals surface area (Å²) in [6, 6.07) is 17.6. The van der Waals surface area contributed by atoms with Crippen LogP contribution in [0.15, 0.2) is 74.9 Å². The highest BCUT2D eigenvalue weighted by molar-refractivity contribution is 7.91. The van der Waals surface area contributed by atoms with E-state index in [1.165, 1.54) is 0 Å². The topological polar surface area (TPSA) is 59.3 Å². The van der Waals surface area contributed by atoms with Gasteiger partial charge < -0.3 is 9.73 Å². The van der Waals surface area contributed by atoms with Crippen LogP contribution in [0.5, 0.6) is 0 Å². The first-order chi connectivity index (χ1) is 11.5. The Kier molecular flexibility index (Phi) is 4.55. The van der Waals surface area contributed by atoms with E-state index in [1.54, 1.807) is 43.4 Å². The summed E-state index contributed by atoms with van der Waals surface area (Å²) in [6.45, 7) is 2.40. The lowest BCUT2D eigenvalue weighted by Crippen LogP contribution is -2.04. The molecule has 24 heavy (non-hydrogen) atoms. The zero-order chi connectivity index (χ0) is 17.2. The van der Waals surface area contributed by atoms with Gasteiger partial charge in [0.2, 0.25) is 9.84 Å². The summed E-state index contributed by atoms with van der Waals surface area (Å²) in [5.74, 6) is 0.979. The Morgan fingerprint density at radius 1 is 1.00 bits per heavy atom. The van der Waals surface area contributed by atoms with Crippen LogP contribution in [0.25, 0.3) is 11.3 Å². The van der Waals surface area contributed by atoms with E-state index >= 15 is 0 Å². The number of nitrogens with one attached hydrogen (secondary N) is 1. The molecule has 0 unspecified atom stereocenters. The van der Waals surface area contributed by atoms with Crippen LogP contribution in [-0.2, 0) is 16.4 Å². The van der Waals surface area contributed by atoms with E-state index in [9.17, 15) is 8.42 Å².